The quantitative estimate of drug-likeness (QED) is 0.0169. The first-order chi connectivity index (χ1) is 29.7. The lowest BCUT2D eigenvalue weighted by atomic mass is 10.2. The van der Waals surface area contributed by atoms with Gasteiger partial charge in [0, 0.05) is 29.7 Å². The van der Waals surface area contributed by atoms with Crippen molar-refractivity contribution in [1.82, 2.24) is 5.43 Å². The van der Waals surface area contributed by atoms with Crippen molar-refractivity contribution in [1.29, 1.82) is 0 Å². The van der Waals surface area contributed by atoms with Crippen LogP contribution in [0.5, 0.6) is 23.0 Å². The molecule has 0 amide bonds. The minimum absolute atomic E-state index is 0.178. The highest BCUT2D eigenvalue weighted by Gasteiger charge is 2.26. The van der Waals surface area contributed by atoms with Gasteiger partial charge in [-0.2, -0.15) is 5.10 Å². The van der Waals surface area contributed by atoms with Crippen LogP contribution in [0.1, 0.15) is 77.6 Å². The van der Waals surface area contributed by atoms with Crippen molar-refractivity contribution in [2.24, 2.45) is 5.10 Å². The van der Waals surface area contributed by atoms with Crippen LogP contribution in [-0.4, -0.2) is 69.1 Å². The van der Waals surface area contributed by atoms with Crippen molar-refractivity contribution in [3.8, 4) is 23.0 Å². The summed E-state index contributed by atoms with van der Waals surface area (Å²) >= 11 is 1.62. The SMILES string of the molecule is C=CC(=O)OCCCCCCOc1ccc(C(=O)Oc2ccc(OC(=O)c3ccc(OCCCCCCOC(=O)C=C)cc3)c(/C=N/NC3Sc4ccccc4N3C)c2)cc1. The number of nitrogens with one attached hydrogen (secondary N) is 1. The molecule has 1 aliphatic rings. The van der Waals surface area contributed by atoms with E-state index >= 15 is 0 Å². The molecule has 0 saturated carbocycles. The lowest BCUT2D eigenvalue weighted by Gasteiger charge is -2.20. The van der Waals surface area contributed by atoms with Crippen LogP contribution in [-0.2, 0) is 19.1 Å². The molecule has 0 spiro atoms. The Hall–Kier alpha value is -6.54. The molecule has 0 bridgehead atoms. The van der Waals surface area contributed by atoms with Gasteiger partial charge in [-0.1, -0.05) is 37.1 Å². The Balaban J connectivity index is 1.15. The predicted molar refractivity (Wildman–Crippen MR) is 235 cm³/mol. The van der Waals surface area contributed by atoms with Gasteiger partial charge in [-0.15, -0.1) is 0 Å². The van der Waals surface area contributed by atoms with Crippen molar-refractivity contribution in [2.75, 3.05) is 38.4 Å². The van der Waals surface area contributed by atoms with Gasteiger partial charge in [0.25, 0.3) is 0 Å². The number of fused-ring (bicyclic) bond motifs is 1. The van der Waals surface area contributed by atoms with E-state index in [4.69, 9.17) is 28.4 Å². The number of ether oxygens (including phenoxy) is 6. The van der Waals surface area contributed by atoms with E-state index in [1.807, 2.05) is 31.3 Å². The molecule has 0 aromatic heterocycles. The summed E-state index contributed by atoms with van der Waals surface area (Å²) in [6, 6.07) is 26.1. The smallest absolute Gasteiger partial charge is 0.343 e. The zero-order chi connectivity index (χ0) is 43.2. The van der Waals surface area contributed by atoms with Gasteiger partial charge in [-0.05, 0) is 130 Å². The molecular weight excluding hydrogens is 799 g/mol. The second-order valence-corrected chi connectivity index (χ2v) is 14.9. The second kappa shape index (κ2) is 24.5. The van der Waals surface area contributed by atoms with E-state index < -0.39 is 23.9 Å². The molecule has 1 atom stereocenters. The molecule has 0 fully saturated rings. The van der Waals surface area contributed by atoms with Gasteiger partial charge in [-0.25, -0.2) is 19.2 Å². The molecule has 4 aromatic rings. The fraction of sp³-hybridized carbons (Fsp3) is 0.298. The molecule has 13 nitrogen and oxygen atoms in total. The van der Waals surface area contributed by atoms with Crippen LogP contribution in [0.4, 0.5) is 5.69 Å². The van der Waals surface area contributed by atoms with Crippen molar-refractivity contribution in [3.63, 3.8) is 0 Å². The Kier molecular flexibility index (Phi) is 18.3. The lowest BCUT2D eigenvalue weighted by molar-refractivity contribution is -0.138. The molecule has 61 heavy (non-hydrogen) atoms. The topological polar surface area (TPSA) is 151 Å². The van der Waals surface area contributed by atoms with E-state index in [9.17, 15) is 19.2 Å². The number of unbranched alkanes of at least 4 members (excludes halogenated alkanes) is 6. The summed E-state index contributed by atoms with van der Waals surface area (Å²) in [6.45, 7) is 8.52. The third kappa shape index (κ3) is 14.9. The van der Waals surface area contributed by atoms with Crippen molar-refractivity contribution >= 4 is 47.5 Å². The summed E-state index contributed by atoms with van der Waals surface area (Å²) in [5, 5.41) is 4.48. The summed E-state index contributed by atoms with van der Waals surface area (Å²) < 4.78 is 33.2. The number of hydrogen-bond acceptors (Lipinski definition) is 14. The van der Waals surface area contributed by atoms with E-state index in [1.165, 1.54) is 6.21 Å². The fourth-order valence-electron chi connectivity index (χ4n) is 5.90. The summed E-state index contributed by atoms with van der Waals surface area (Å²) in [5.74, 6) is -0.318. The maximum atomic E-state index is 13.3. The molecule has 5 rings (SSSR count). The van der Waals surface area contributed by atoms with Crippen molar-refractivity contribution < 1.29 is 47.6 Å². The van der Waals surface area contributed by atoms with Crippen molar-refractivity contribution in [2.45, 2.75) is 61.8 Å². The molecule has 1 N–H and O–H groups in total. The molecule has 0 radical (unpaired) electrons. The number of benzene rings is 4. The fourth-order valence-corrected chi connectivity index (χ4v) is 7.01. The normalized spacial score (nSPS) is 12.9. The second-order valence-electron chi connectivity index (χ2n) is 13.7. The van der Waals surface area contributed by atoms with Crippen LogP contribution >= 0.6 is 11.8 Å². The van der Waals surface area contributed by atoms with Gasteiger partial charge in [0.15, 0.2) is 5.50 Å². The number of hydrazone groups is 1. The Morgan fingerprint density at radius 3 is 1.70 bits per heavy atom. The number of esters is 4. The zero-order valence-electron chi connectivity index (χ0n) is 34.3. The Bertz CT molecular complexity index is 2120. The van der Waals surface area contributed by atoms with Gasteiger partial charge in [0.1, 0.15) is 23.0 Å². The van der Waals surface area contributed by atoms with E-state index in [2.05, 4.69) is 28.6 Å². The van der Waals surface area contributed by atoms with Gasteiger partial charge < -0.3 is 33.3 Å². The predicted octanol–water partition coefficient (Wildman–Crippen LogP) is 8.91. The Labute approximate surface area is 360 Å². The van der Waals surface area contributed by atoms with Crippen LogP contribution in [0.15, 0.2) is 126 Å². The minimum Gasteiger partial charge on any atom is -0.494 e. The van der Waals surface area contributed by atoms with E-state index in [-0.39, 0.29) is 17.0 Å². The van der Waals surface area contributed by atoms with Crippen LogP contribution in [0, 0.1) is 0 Å². The molecule has 4 aromatic carbocycles. The highest BCUT2D eigenvalue weighted by atomic mass is 32.2. The Morgan fingerprint density at radius 2 is 1.16 bits per heavy atom. The molecule has 14 heteroatoms. The maximum absolute atomic E-state index is 13.3. The maximum Gasteiger partial charge on any atom is 0.343 e. The van der Waals surface area contributed by atoms with E-state index in [0.717, 1.165) is 74.1 Å². The lowest BCUT2D eigenvalue weighted by Crippen LogP contribution is -2.35. The number of thioether (sulfide) groups is 1. The van der Waals surface area contributed by atoms with Gasteiger partial charge >= 0.3 is 23.9 Å². The number of nitrogens with zero attached hydrogens (tertiary/aromatic N) is 2. The standard InChI is InChI=1S/C47H51N3O10S/c1-4-43(51)57-30-14-8-6-12-28-55-37-22-18-34(19-23-37)45(53)59-39-26-27-41(36(32-39)33-48-49-47-50(3)40-16-10-11-17-42(40)61-47)60-46(54)35-20-24-38(25-21-35)56-29-13-7-9-15-31-58-44(52)5-2/h4-5,10-11,16-27,32-33,47,49H,1-2,6-9,12-15,28-31H2,3H3/b48-33+. The third-order valence-corrected chi connectivity index (χ3v) is 10.5. The average molecular weight is 850 g/mol. The first-order valence-corrected chi connectivity index (χ1v) is 21.0. The van der Waals surface area contributed by atoms with Gasteiger partial charge in [-0.3, -0.25) is 5.43 Å². The number of carbonyl (C=O) groups is 4. The van der Waals surface area contributed by atoms with Crippen molar-refractivity contribution in [3.05, 3.63) is 133 Å². The number of para-hydroxylation sites is 1. The molecule has 1 heterocycles. The summed E-state index contributed by atoms with van der Waals surface area (Å²) in [7, 11) is 1.97. The van der Waals surface area contributed by atoms with Gasteiger partial charge in [0.2, 0.25) is 0 Å². The molecule has 1 unspecified atom stereocenters. The number of carbonyl (C=O) groups excluding carboxylic acids is 4. The van der Waals surface area contributed by atoms with Crippen LogP contribution in [0.3, 0.4) is 0 Å². The third-order valence-electron chi connectivity index (χ3n) is 9.24. The summed E-state index contributed by atoms with van der Waals surface area (Å²) in [5.41, 5.74) is 5.10. The summed E-state index contributed by atoms with van der Waals surface area (Å²) in [6.07, 6.45) is 10.7. The number of hydrogen-bond donors (Lipinski definition) is 1. The average Bonchev–Trinajstić information content (AvgIpc) is 3.60. The zero-order valence-corrected chi connectivity index (χ0v) is 35.1. The molecule has 0 aliphatic carbocycles. The summed E-state index contributed by atoms with van der Waals surface area (Å²) in [4.78, 5) is 52.0. The molecule has 1 aliphatic heterocycles. The largest absolute Gasteiger partial charge is 0.494 e. The highest BCUT2D eigenvalue weighted by Crippen LogP contribution is 2.41. The number of rotatable bonds is 25. The van der Waals surface area contributed by atoms with E-state index in [1.54, 1.807) is 78.5 Å². The van der Waals surface area contributed by atoms with Crippen LogP contribution < -0.4 is 29.3 Å². The van der Waals surface area contributed by atoms with E-state index in [0.29, 0.717) is 54.6 Å². The molecule has 0 saturated heterocycles. The monoisotopic (exact) mass is 849 g/mol. The minimum atomic E-state index is -0.591. The molecule has 320 valence electrons. The molecular formula is C47H51N3O10S. The van der Waals surface area contributed by atoms with Gasteiger partial charge in [0.05, 0.1) is 49.5 Å². The first-order valence-electron chi connectivity index (χ1n) is 20.1. The number of anilines is 1. The van der Waals surface area contributed by atoms with Crippen LogP contribution in [0.25, 0.3) is 0 Å². The Morgan fingerprint density at radius 1 is 0.656 bits per heavy atom. The highest BCUT2D eigenvalue weighted by molar-refractivity contribution is 8.00. The van der Waals surface area contributed by atoms with Crippen LogP contribution in [0.2, 0.25) is 0 Å². The first kappa shape index (κ1) is 45.5.